The second kappa shape index (κ2) is 17.3. The zero-order chi connectivity index (χ0) is 36.7. The number of ether oxygens (including phenoxy) is 2. The van der Waals surface area contributed by atoms with E-state index in [-0.39, 0.29) is 55.2 Å². The molecule has 2 saturated heterocycles. The monoisotopic (exact) mass is 727 g/mol. The van der Waals surface area contributed by atoms with Crippen molar-refractivity contribution in [1.29, 1.82) is 0 Å². The van der Waals surface area contributed by atoms with Gasteiger partial charge in [0.1, 0.15) is 6.04 Å². The van der Waals surface area contributed by atoms with Gasteiger partial charge >= 0.3 is 0 Å². The maximum Gasteiger partial charge on any atom is 0.241 e. The van der Waals surface area contributed by atoms with Crippen molar-refractivity contribution in [2.45, 2.75) is 81.7 Å². The number of aliphatic hydroxyl groups is 2. The summed E-state index contributed by atoms with van der Waals surface area (Å²) >= 11 is 0. The molecule has 11 heteroatoms. The summed E-state index contributed by atoms with van der Waals surface area (Å²) in [4.78, 5) is 16.0. The Kier molecular flexibility index (Phi) is 12.5. The average Bonchev–Trinajstić information content (AvgIpc) is 3.62. The molecule has 2 fully saturated rings. The molecular weight excluding hydrogens is 679 g/mol. The molecule has 6 atom stereocenters. The quantitative estimate of drug-likeness (QED) is 0.144. The highest BCUT2D eigenvalue weighted by Crippen LogP contribution is 2.42. The SMILES string of the molecule is Cc1ccc(S(=O)(=O)N[C@H](Cc2ccccc2)C(=O)NCc2ccc([C@@H]3O[C@H](CN4CCC[C@H]4CO)[C@H](C)[C@H](c4ccc(CO)cc4)O3)cc2)cc1. The Balaban J connectivity index is 1.15. The van der Waals surface area contributed by atoms with Gasteiger partial charge in [-0.2, -0.15) is 4.72 Å². The molecule has 0 bridgehead atoms. The summed E-state index contributed by atoms with van der Waals surface area (Å²) in [5, 5.41) is 22.5. The van der Waals surface area contributed by atoms with Crippen LogP contribution in [0.15, 0.2) is 108 Å². The highest BCUT2D eigenvalue weighted by Gasteiger charge is 2.40. The van der Waals surface area contributed by atoms with E-state index in [0.717, 1.165) is 52.8 Å². The first-order valence-corrected chi connectivity index (χ1v) is 19.5. The average molecular weight is 728 g/mol. The van der Waals surface area contributed by atoms with Gasteiger partial charge in [0.15, 0.2) is 6.29 Å². The lowest BCUT2D eigenvalue weighted by molar-refractivity contribution is -0.276. The Morgan fingerprint density at radius 3 is 2.21 bits per heavy atom. The van der Waals surface area contributed by atoms with Crippen LogP contribution >= 0.6 is 0 Å². The third kappa shape index (κ3) is 9.34. The van der Waals surface area contributed by atoms with Gasteiger partial charge in [0, 0.05) is 30.6 Å². The van der Waals surface area contributed by atoms with E-state index in [9.17, 15) is 23.4 Å². The molecule has 2 aliphatic heterocycles. The van der Waals surface area contributed by atoms with E-state index in [2.05, 4.69) is 21.9 Å². The van der Waals surface area contributed by atoms with Gasteiger partial charge in [0.25, 0.3) is 0 Å². The fourth-order valence-corrected chi connectivity index (χ4v) is 8.21. The Morgan fingerprint density at radius 1 is 0.865 bits per heavy atom. The highest BCUT2D eigenvalue weighted by atomic mass is 32.2. The number of hydrogen-bond acceptors (Lipinski definition) is 8. The third-order valence-corrected chi connectivity index (χ3v) is 11.7. The summed E-state index contributed by atoms with van der Waals surface area (Å²) in [7, 11) is -3.96. The highest BCUT2D eigenvalue weighted by molar-refractivity contribution is 7.89. The zero-order valence-corrected chi connectivity index (χ0v) is 30.5. The molecule has 0 radical (unpaired) electrons. The van der Waals surface area contributed by atoms with Crippen LogP contribution in [0.5, 0.6) is 0 Å². The van der Waals surface area contributed by atoms with E-state index in [1.165, 1.54) is 12.1 Å². The maximum absolute atomic E-state index is 13.6. The largest absolute Gasteiger partial charge is 0.395 e. The lowest BCUT2D eigenvalue weighted by Crippen LogP contribution is -2.47. The van der Waals surface area contributed by atoms with Crippen molar-refractivity contribution in [3.8, 4) is 0 Å². The van der Waals surface area contributed by atoms with Gasteiger partial charge < -0.3 is 25.0 Å². The first kappa shape index (κ1) is 37.8. The van der Waals surface area contributed by atoms with Crippen LogP contribution in [0.2, 0.25) is 0 Å². The maximum atomic E-state index is 13.6. The minimum atomic E-state index is -3.96. The van der Waals surface area contributed by atoms with Crippen LogP contribution in [0.3, 0.4) is 0 Å². The minimum Gasteiger partial charge on any atom is -0.395 e. The van der Waals surface area contributed by atoms with E-state index < -0.39 is 28.3 Å². The van der Waals surface area contributed by atoms with Crippen LogP contribution in [0.25, 0.3) is 0 Å². The van der Waals surface area contributed by atoms with Crippen LogP contribution < -0.4 is 10.0 Å². The van der Waals surface area contributed by atoms with Gasteiger partial charge in [-0.3, -0.25) is 9.69 Å². The third-order valence-electron chi connectivity index (χ3n) is 10.2. The zero-order valence-electron chi connectivity index (χ0n) is 29.7. The summed E-state index contributed by atoms with van der Waals surface area (Å²) in [5.41, 5.74) is 5.26. The summed E-state index contributed by atoms with van der Waals surface area (Å²) in [5.74, 6) is -0.407. The van der Waals surface area contributed by atoms with Crippen LogP contribution in [0, 0.1) is 12.8 Å². The Morgan fingerprint density at radius 2 is 1.54 bits per heavy atom. The van der Waals surface area contributed by atoms with Crippen LogP contribution in [0.4, 0.5) is 0 Å². The van der Waals surface area contributed by atoms with Crippen molar-refractivity contribution >= 4 is 15.9 Å². The van der Waals surface area contributed by atoms with Crippen LogP contribution in [0.1, 0.15) is 65.5 Å². The molecule has 10 nitrogen and oxygen atoms in total. The van der Waals surface area contributed by atoms with Crippen molar-refractivity contribution < 1.29 is 32.9 Å². The normalized spacial score (nSPS) is 23.0. The molecule has 0 aromatic heterocycles. The van der Waals surface area contributed by atoms with E-state index in [0.29, 0.717) is 6.54 Å². The van der Waals surface area contributed by atoms with Gasteiger partial charge in [-0.1, -0.05) is 103 Å². The molecule has 0 saturated carbocycles. The number of amides is 1. The smallest absolute Gasteiger partial charge is 0.241 e. The lowest BCUT2D eigenvalue weighted by Gasteiger charge is -2.43. The van der Waals surface area contributed by atoms with Gasteiger partial charge in [-0.25, -0.2) is 8.42 Å². The first-order valence-electron chi connectivity index (χ1n) is 18.0. The number of carbonyl (C=O) groups is 1. The topological polar surface area (TPSA) is 137 Å². The number of carbonyl (C=O) groups excluding carboxylic acids is 1. The van der Waals surface area contributed by atoms with Gasteiger partial charge in [-0.05, 0) is 67.1 Å². The molecule has 2 aliphatic rings. The van der Waals surface area contributed by atoms with Crippen molar-refractivity contribution in [1.82, 2.24) is 14.9 Å². The van der Waals surface area contributed by atoms with Gasteiger partial charge in [-0.15, -0.1) is 0 Å². The number of likely N-dealkylation sites (tertiary alicyclic amines) is 1. The molecule has 276 valence electrons. The van der Waals surface area contributed by atoms with Crippen LogP contribution in [-0.4, -0.2) is 67.3 Å². The number of aryl methyl sites for hydroxylation is 1. The number of nitrogens with zero attached hydrogens (tertiary/aromatic N) is 1. The van der Waals surface area contributed by atoms with Crippen molar-refractivity contribution in [3.63, 3.8) is 0 Å². The number of hydrogen-bond donors (Lipinski definition) is 4. The second-order valence-corrected chi connectivity index (χ2v) is 15.6. The fourth-order valence-electron chi connectivity index (χ4n) is 7.02. The Bertz CT molecular complexity index is 1860. The van der Waals surface area contributed by atoms with Gasteiger partial charge in [0.05, 0.1) is 30.3 Å². The van der Waals surface area contributed by atoms with E-state index >= 15 is 0 Å². The van der Waals surface area contributed by atoms with E-state index in [1.54, 1.807) is 12.1 Å². The molecule has 1 amide bonds. The summed E-state index contributed by atoms with van der Waals surface area (Å²) < 4.78 is 42.4. The predicted octanol–water partition coefficient (Wildman–Crippen LogP) is 4.94. The molecule has 0 unspecified atom stereocenters. The number of benzene rings is 4. The minimum absolute atomic E-state index is 0.0259. The van der Waals surface area contributed by atoms with Gasteiger partial charge in [0.2, 0.25) is 15.9 Å². The van der Waals surface area contributed by atoms with Crippen molar-refractivity contribution in [2.24, 2.45) is 5.92 Å². The molecule has 4 aromatic rings. The molecule has 0 spiro atoms. The lowest BCUT2D eigenvalue weighted by atomic mass is 9.90. The second-order valence-electron chi connectivity index (χ2n) is 13.9. The molecule has 4 N–H and O–H groups in total. The van der Waals surface area contributed by atoms with E-state index in [4.69, 9.17) is 9.47 Å². The number of aliphatic hydroxyl groups excluding tert-OH is 2. The number of nitrogens with one attached hydrogen (secondary N) is 2. The summed E-state index contributed by atoms with van der Waals surface area (Å²) in [6.07, 6.45) is 1.14. The van der Waals surface area contributed by atoms with Crippen molar-refractivity contribution in [2.75, 3.05) is 19.7 Å². The Hall–Kier alpha value is -3.94. The molecule has 2 heterocycles. The standard InChI is InChI=1S/C41H49N3O7S/c1-28-10-20-36(21-11-28)52(48,49)43-37(23-30-7-4-3-5-8-30)40(47)42-24-31-12-18-34(19-13-31)41-50-38(25-44-22-6-9-35(44)27-46)29(2)39(51-41)33-16-14-32(26-45)15-17-33/h3-5,7-8,10-21,29,35,37-39,41,43,45-46H,6,9,22-27H2,1-2H3,(H,42,47)/t29-,35-,37+,38+,39+,41+/m0/s1. The fraction of sp³-hybridized carbons (Fsp3) is 0.390. The van der Waals surface area contributed by atoms with E-state index in [1.807, 2.05) is 85.8 Å². The Labute approximate surface area is 306 Å². The summed E-state index contributed by atoms with van der Waals surface area (Å²) in [6, 6.07) is 30.4. The molecule has 0 aliphatic carbocycles. The molecule has 4 aromatic carbocycles. The molecule has 6 rings (SSSR count). The predicted molar refractivity (Wildman–Crippen MR) is 198 cm³/mol. The molecule has 52 heavy (non-hydrogen) atoms. The number of sulfonamides is 1. The summed E-state index contributed by atoms with van der Waals surface area (Å²) in [6.45, 7) is 5.90. The van der Waals surface area contributed by atoms with Crippen molar-refractivity contribution in [3.05, 3.63) is 137 Å². The first-order chi connectivity index (χ1) is 25.1. The van der Waals surface area contributed by atoms with Crippen LogP contribution in [-0.2, 0) is 43.9 Å². The number of rotatable bonds is 14. The molecular formula is C41H49N3O7S.